The number of nitrogens with one attached hydrogen (secondary N) is 1. The minimum atomic E-state index is -0.0739. The van der Waals surface area contributed by atoms with E-state index in [1.165, 1.54) is 0 Å². The van der Waals surface area contributed by atoms with Gasteiger partial charge in [-0.15, -0.1) is 0 Å². The van der Waals surface area contributed by atoms with Crippen molar-refractivity contribution < 1.29 is 9.53 Å². The highest BCUT2D eigenvalue weighted by Crippen LogP contribution is 2.25. The fraction of sp³-hybridized carbons (Fsp3) is 0.500. The van der Waals surface area contributed by atoms with Crippen molar-refractivity contribution in [1.29, 1.82) is 0 Å². The molecule has 0 radical (unpaired) electrons. The minimum Gasteiger partial charge on any atom is -0.493 e. The third kappa shape index (κ3) is 2.82. The molecule has 1 aromatic carbocycles. The molecule has 1 amide bonds. The molecule has 1 heterocycles. The van der Waals surface area contributed by atoms with E-state index < -0.39 is 0 Å². The van der Waals surface area contributed by atoms with Crippen molar-refractivity contribution in [2.45, 2.75) is 20.3 Å². The summed E-state index contributed by atoms with van der Waals surface area (Å²) in [5, 5.41) is 2.92. The predicted molar refractivity (Wildman–Crippen MR) is 70.8 cm³/mol. The molecule has 2 rings (SSSR count). The lowest BCUT2D eigenvalue weighted by Gasteiger charge is -2.22. The second-order valence-corrected chi connectivity index (χ2v) is 5.47. The summed E-state index contributed by atoms with van der Waals surface area (Å²) >= 11 is 0. The van der Waals surface area contributed by atoms with Gasteiger partial charge in [0.05, 0.1) is 6.61 Å². The molecule has 0 saturated heterocycles. The smallest absolute Gasteiger partial charge is 0.251 e. The maximum absolute atomic E-state index is 12.0. The zero-order chi connectivity index (χ0) is 13.2. The van der Waals surface area contributed by atoms with Crippen LogP contribution < -0.4 is 15.8 Å². The van der Waals surface area contributed by atoms with E-state index in [9.17, 15) is 4.79 Å². The topological polar surface area (TPSA) is 64.3 Å². The van der Waals surface area contributed by atoms with Crippen molar-refractivity contribution in [2.24, 2.45) is 11.1 Å². The highest BCUT2D eigenvalue weighted by atomic mass is 16.5. The highest BCUT2D eigenvalue weighted by molar-refractivity contribution is 5.94. The Labute approximate surface area is 108 Å². The van der Waals surface area contributed by atoms with Gasteiger partial charge in [-0.1, -0.05) is 13.8 Å². The lowest BCUT2D eigenvalue weighted by Crippen LogP contribution is -2.38. The largest absolute Gasteiger partial charge is 0.493 e. The van der Waals surface area contributed by atoms with Crippen LogP contribution in [0.5, 0.6) is 5.75 Å². The first-order chi connectivity index (χ1) is 8.52. The fourth-order valence-electron chi connectivity index (χ4n) is 1.82. The number of nitrogens with two attached hydrogens (primary N) is 1. The van der Waals surface area contributed by atoms with Gasteiger partial charge in [0.2, 0.25) is 0 Å². The second-order valence-electron chi connectivity index (χ2n) is 5.47. The van der Waals surface area contributed by atoms with Crippen molar-refractivity contribution in [1.82, 2.24) is 5.32 Å². The van der Waals surface area contributed by atoms with Crippen LogP contribution in [0, 0.1) is 5.41 Å². The average Bonchev–Trinajstić information content (AvgIpc) is 2.83. The van der Waals surface area contributed by atoms with Crippen LogP contribution >= 0.6 is 0 Å². The Morgan fingerprint density at radius 3 is 3.00 bits per heavy atom. The average molecular weight is 248 g/mol. The standard InChI is InChI=1S/C14H20N2O2/c1-14(2,8-15)9-16-13(17)11-3-4-12-10(7-11)5-6-18-12/h3-4,7H,5-6,8-9,15H2,1-2H3,(H,16,17). The molecule has 4 nitrogen and oxygen atoms in total. The fourth-order valence-corrected chi connectivity index (χ4v) is 1.82. The first kappa shape index (κ1) is 12.9. The summed E-state index contributed by atoms with van der Waals surface area (Å²) in [6, 6.07) is 5.58. The molecule has 0 fully saturated rings. The summed E-state index contributed by atoms with van der Waals surface area (Å²) in [5.74, 6) is 0.847. The van der Waals surface area contributed by atoms with E-state index >= 15 is 0 Å². The number of ether oxygens (including phenoxy) is 1. The summed E-state index contributed by atoms with van der Waals surface area (Å²) in [4.78, 5) is 12.0. The number of carbonyl (C=O) groups is 1. The van der Waals surface area contributed by atoms with Crippen LogP contribution in [0.3, 0.4) is 0 Å². The number of fused-ring (bicyclic) bond motifs is 1. The van der Waals surface area contributed by atoms with Gasteiger partial charge in [-0.05, 0) is 35.7 Å². The quantitative estimate of drug-likeness (QED) is 0.845. The number of benzene rings is 1. The number of amides is 1. The van der Waals surface area contributed by atoms with E-state index in [0.29, 0.717) is 25.3 Å². The van der Waals surface area contributed by atoms with Crippen molar-refractivity contribution in [3.63, 3.8) is 0 Å². The summed E-state index contributed by atoms with van der Waals surface area (Å²) < 4.78 is 5.42. The number of hydrogen-bond acceptors (Lipinski definition) is 3. The summed E-state index contributed by atoms with van der Waals surface area (Å²) in [6.07, 6.45) is 0.880. The maximum atomic E-state index is 12.0. The maximum Gasteiger partial charge on any atom is 0.251 e. The van der Waals surface area contributed by atoms with Crippen LogP contribution in [0.25, 0.3) is 0 Å². The van der Waals surface area contributed by atoms with Crippen LogP contribution in [0.4, 0.5) is 0 Å². The Bertz CT molecular complexity index is 455. The van der Waals surface area contributed by atoms with Crippen LogP contribution in [0.2, 0.25) is 0 Å². The molecule has 0 bridgehead atoms. The molecule has 0 aromatic heterocycles. The van der Waals surface area contributed by atoms with Crippen LogP contribution in [-0.2, 0) is 6.42 Å². The molecular weight excluding hydrogens is 228 g/mol. The summed E-state index contributed by atoms with van der Waals surface area (Å²) in [6.45, 7) is 5.90. The third-order valence-electron chi connectivity index (χ3n) is 3.23. The monoisotopic (exact) mass is 248 g/mol. The van der Waals surface area contributed by atoms with E-state index in [2.05, 4.69) is 5.32 Å². The highest BCUT2D eigenvalue weighted by Gasteiger charge is 2.18. The second kappa shape index (κ2) is 4.98. The first-order valence-electron chi connectivity index (χ1n) is 6.26. The predicted octanol–water partition coefficient (Wildman–Crippen LogP) is 1.34. The van der Waals surface area contributed by atoms with Crippen LogP contribution in [0.1, 0.15) is 29.8 Å². The zero-order valence-corrected chi connectivity index (χ0v) is 11.0. The third-order valence-corrected chi connectivity index (χ3v) is 3.23. The van der Waals surface area contributed by atoms with Gasteiger partial charge in [-0.25, -0.2) is 0 Å². The number of rotatable bonds is 4. The SMILES string of the molecule is CC(C)(CN)CNC(=O)c1ccc2c(c1)CCO2. The molecule has 0 aliphatic carbocycles. The molecule has 0 saturated carbocycles. The number of hydrogen-bond donors (Lipinski definition) is 2. The molecule has 1 aliphatic rings. The summed E-state index contributed by atoms with van der Waals surface area (Å²) in [5.41, 5.74) is 7.36. The Balaban J connectivity index is 2.01. The summed E-state index contributed by atoms with van der Waals surface area (Å²) in [7, 11) is 0. The van der Waals surface area contributed by atoms with Gasteiger partial charge >= 0.3 is 0 Å². The molecule has 18 heavy (non-hydrogen) atoms. The molecular formula is C14H20N2O2. The number of carbonyl (C=O) groups excluding carboxylic acids is 1. The Kier molecular flexibility index (Phi) is 3.57. The first-order valence-corrected chi connectivity index (χ1v) is 6.26. The Morgan fingerprint density at radius 1 is 1.50 bits per heavy atom. The minimum absolute atomic E-state index is 0.0498. The zero-order valence-electron chi connectivity index (χ0n) is 11.0. The van der Waals surface area contributed by atoms with E-state index in [-0.39, 0.29) is 11.3 Å². The molecule has 4 heteroatoms. The Hall–Kier alpha value is -1.55. The van der Waals surface area contributed by atoms with E-state index in [0.717, 1.165) is 17.7 Å². The van der Waals surface area contributed by atoms with Gasteiger partial charge in [-0.3, -0.25) is 4.79 Å². The molecule has 1 aromatic rings. The van der Waals surface area contributed by atoms with Gasteiger partial charge in [-0.2, -0.15) is 0 Å². The van der Waals surface area contributed by atoms with Crippen LogP contribution in [0.15, 0.2) is 18.2 Å². The van der Waals surface area contributed by atoms with E-state index in [1.807, 2.05) is 26.0 Å². The van der Waals surface area contributed by atoms with Gasteiger partial charge in [0.25, 0.3) is 5.91 Å². The van der Waals surface area contributed by atoms with Crippen molar-refractivity contribution >= 4 is 5.91 Å². The normalized spacial score (nSPS) is 13.9. The molecule has 98 valence electrons. The van der Waals surface area contributed by atoms with Gasteiger partial charge in [0, 0.05) is 18.5 Å². The van der Waals surface area contributed by atoms with E-state index in [4.69, 9.17) is 10.5 Å². The molecule has 0 spiro atoms. The van der Waals surface area contributed by atoms with Gasteiger partial charge in [0.1, 0.15) is 5.75 Å². The molecule has 0 unspecified atom stereocenters. The van der Waals surface area contributed by atoms with Crippen LogP contribution in [-0.4, -0.2) is 25.6 Å². The molecule has 3 N–H and O–H groups in total. The van der Waals surface area contributed by atoms with E-state index in [1.54, 1.807) is 6.07 Å². The molecule has 0 atom stereocenters. The van der Waals surface area contributed by atoms with Gasteiger partial charge in [0.15, 0.2) is 0 Å². The van der Waals surface area contributed by atoms with Gasteiger partial charge < -0.3 is 15.8 Å². The van der Waals surface area contributed by atoms with Crippen molar-refractivity contribution in [3.8, 4) is 5.75 Å². The molecule has 1 aliphatic heterocycles. The Morgan fingerprint density at radius 2 is 2.28 bits per heavy atom. The lowest BCUT2D eigenvalue weighted by atomic mass is 9.94. The van der Waals surface area contributed by atoms with Crippen molar-refractivity contribution in [3.05, 3.63) is 29.3 Å². The van der Waals surface area contributed by atoms with Crippen molar-refractivity contribution in [2.75, 3.05) is 19.7 Å². The lowest BCUT2D eigenvalue weighted by molar-refractivity contribution is 0.0938.